The highest BCUT2D eigenvalue weighted by Gasteiger charge is 2.28. The van der Waals surface area contributed by atoms with Gasteiger partial charge in [0.25, 0.3) is 0 Å². The van der Waals surface area contributed by atoms with Gasteiger partial charge in [0.2, 0.25) is 0 Å². The number of ether oxygens (including phenoxy) is 1. The zero-order chi connectivity index (χ0) is 24.6. The number of hydrogen-bond donors (Lipinski definition) is 3. The van der Waals surface area contributed by atoms with Crippen LogP contribution < -0.4 is 15.8 Å². The van der Waals surface area contributed by atoms with Crippen molar-refractivity contribution >= 4 is 27.9 Å². The molecule has 0 radical (unpaired) electrons. The van der Waals surface area contributed by atoms with Gasteiger partial charge in [-0.05, 0) is 48.7 Å². The minimum absolute atomic E-state index is 0.126. The van der Waals surface area contributed by atoms with E-state index in [0.29, 0.717) is 36.5 Å². The fourth-order valence-electron chi connectivity index (χ4n) is 4.77. The van der Waals surface area contributed by atoms with Crippen molar-refractivity contribution in [2.45, 2.75) is 44.1 Å². The van der Waals surface area contributed by atoms with Crippen LogP contribution in [0.4, 0.5) is 15.9 Å². The number of nitrogens with zero attached hydrogens (tertiary/aromatic N) is 5. The van der Waals surface area contributed by atoms with E-state index in [0.717, 1.165) is 28.6 Å². The average Bonchev–Trinajstić information content (AvgIpc) is 3.46. The summed E-state index contributed by atoms with van der Waals surface area (Å²) < 4.78 is 23.4. The molecule has 3 aromatic heterocycles. The van der Waals surface area contributed by atoms with Crippen LogP contribution in [0.5, 0.6) is 5.75 Å². The first-order chi connectivity index (χ1) is 17.5. The molecular formula is C26H26FN7O2. The maximum atomic E-state index is 13.6. The molecule has 0 amide bonds. The monoisotopic (exact) mass is 487 g/mol. The molecule has 5 aromatic rings. The number of nitrogens with two attached hydrogens (primary N) is 1. The van der Waals surface area contributed by atoms with E-state index in [1.165, 1.54) is 18.5 Å². The van der Waals surface area contributed by atoms with Gasteiger partial charge in [0.05, 0.1) is 24.4 Å². The molecule has 1 aliphatic rings. The third-order valence-electron chi connectivity index (χ3n) is 6.66. The predicted octanol–water partition coefficient (Wildman–Crippen LogP) is 3.63. The lowest BCUT2D eigenvalue weighted by Crippen LogP contribution is -2.43. The number of rotatable bonds is 6. The Balaban J connectivity index is 1.25. The van der Waals surface area contributed by atoms with Crippen molar-refractivity contribution in [2.75, 3.05) is 5.32 Å². The van der Waals surface area contributed by atoms with Crippen LogP contribution in [0.15, 0.2) is 67.3 Å². The minimum Gasteiger partial charge on any atom is -0.488 e. The summed E-state index contributed by atoms with van der Waals surface area (Å²) in [6, 6.07) is 14.1. The molecule has 36 heavy (non-hydrogen) atoms. The van der Waals surface area contributed by atoms with Gasteiger partial charge in [0.1, 0.15) is 23.8 Å². The molecule has 0 aliphatic heterocycles. The summed E-state index contributed by atoms with van der Waals surface area (Å²) in [6.07, 6.45) is 6.39. The Bertz CT molecular complexity index is 1530. The van der Waals surface area contributed by atoms with E-state index >= 15 is 0 Å². The molecule has 4 N–H and O–H groups in total. The summed E-state index contributed by atoms with van der Waals surface area (Å²) in [4.78, 5) is 4.46. The van der Waals surface area contributed by atoms with E-state index in [1.807, 2.05) is 41.2 Å². The molecule has 1 fully saturated rings. The second-order valence-electron chi connectivity index (χ2n) is 9.20. The molecule has 0 saturated heterocycles. The van der Waals surface area contributed by atoms with E-state index in [1.54, 1.807) is 16.8 Å². The quantitative estimate of drug-likeness (QED) is 0.335. The van der Waals surface area contributed by atoms with E-state index in [4.69, 9.17) is 10.5 Å². The Hall–Kier alpha value is -4.02. The van der Waals surface area contributed by atoms with Crippen LogP contribution in [0.1, 0.15) is 24.8 Å². The van der Waals surface area contributed by atoms with Crippen LogP contribution in [0, 0.1) is 5.82 Å². The molecule has 0 bridgehead atoms. The second-order valence-corrected chi connectivity index (χ2v) is 9.20. The highest BCUT2D eigenvalue weighted by Crippen LogP contribution is 2.32. The van der Waals surface area contributed by atoms with E-state index < -0.39 is 6.10 Å². The molecule has 1 aliphatic carbocycles. The van der Waals surface area contributed by atoms with Gasteiger partial charge >= 0.3 is 0 Å². The summed E-state index contributed by atoms with van der Waals surface area (Å²) in [5.74, 6) is 0.989. The van der Waals surface area contributed by atoms with Crippen LogP contribution in [-0.2, 0) is 6.54 Å². The number of anilines is 2. The molecule has 6 rings (SSSR count). The average molecular weight is 488 g/mol. The molecule has 0 spiro atoms. The highest BCUT2D eigenvalue weighted by atomic mass is 19.1. The molecule has 9 nitrogen and oxygen atoms in total. The minimum atomic E-state index is -0.569. The third-order valence-corrected chi connectivity index (χ3v) is 6.66. The number of benzene rings is 2. The lowest BCUT2D eigenvalue weighted by Gasteiger charge is -2.30. The van der Waals surface area contributed by atoms with Gasteiger partial charge < -0.3 is 20.9 Å². The zero-order valence-electron chi connectivity index (χ0n) is 19.5. The number of aliphatic hydroxyl groups excluding tert-OH is 1. The standard InChI is InChI=1S/C26H26FN7O2/c27-18-3-1-2-16(10-18)14-34-22-7-4-19(11-17(22)13-30-34)32-26-25-24(8-9-33(25)31-15-29-26)36-20-5-6-21(28)23(35)12-20/h1-4,7-11,13,15,20-21,23,35H,5-6,12,14,28H2,(H,29,31,32)/t20-,21+,23+/m0/s1. The van der Waals surface area contributed by atoms with E-state index in [9.17, 15) is 9.50 Å². The first kappa shape index (κ1) is 22.4. The number of nitrogens with one attached hydrogen (secondary N) is 1. The summed E-state index contributed by atoms with van der Waals surface area (Å²) in [6.45, 7) is 0.478. The van der Waals surface area contributed by atoms with Gasteiger partial charge in [-0.25, -0.2) is 13.9 Å². The molecular weight excluding hydrogens is 461 g/mol. The molecule has 10 heteroatoms. The summed E-state index contributed by atoms with van der Waals surface area (Å²) in [5, 5.41) is 23.3. The van der Waals surface area contributed by atoms with Gasteiger partial charge in [0.15, 0.2) is 11.6 Å². The fourth-order valence-corrected chi connectivity index (χ4v) is 4.77. The predicted molar refractivity (Wildman–Crippen MR) is 134 cm³/mol. The number of fused-ring (bicyclic) bond motifs is 2. The lowest BCUT2D eigenvalue weighted by atomic mass is 9.91. The van der Waals surface area contributed by atoms with Crippen molar-refractivity contribution in [3.8, 4) is 5.75 Å². The first-order valence-electron chi connectivity index (χ1n) is 11.9. The lowest BCUT2D eigenvalue weighted by molar-refractivity contribution is 0.0399. The third kappa shape index (κ3) is 4.36. The highest BCUT2D eigenvalue weighted by molar-refractivity contribution is 5.86. The topological polar surface area (TPSA) is 116 Å². The molecule has 2 aromatic carbocycles. The second kappa shape index (κ2) is 9.21. The Morgan fingerprint density at radius 2 is 2.06 bits per heavy atom. The number of aromatic nitrogens is 5. The summed E-state index contributed by atoms with van der Waals surface area (Å²) in [5.41, 5.74) is 9.27. The van der Waals surface area contributed by atoms with Crippen molar-refractivity contribution in [1.29, 1.82) is 0 Å². The molecule has 3 atom stereocenters. The van der Waals surface area contributed by atoms with Gasteiger partial charge in [0, 0.05) is 35.8 Å². The largest absolute Gasteiger partial charge is 0.488 e. The number of aliphatic hydroxyl groups is 1. The maximum absolute atomic E-state index is 13.6. The molecule has 1 saturated carbocycles. The Morgan fingerprint density at radius 3 is 2.92 bits per heavy atom. The van der Waals surface area contributed by atoms with Gasteiger partial charge in [-0.3, -0.25) is 4.68 Å². The molecule has 0 unspecified atom stereocenters. The number of hydrogen-bond acceptors (Lipinski definition) is 7. The van der Waals surface area contributed by atoms with Crippen LogP contribution in [0.25, 0.3) is 16.4 Å². The summed E-state index contributed by atoms with van der Waals surface area (Å²) in [7, 11) is 0. The van der Waals surface area contributed by atoms with Crippen molar-refractivity contribution in [3.63, 3.8) is 0 Å². The van der Waals surface area contributed by atoms with Gasteiger partial charge in [-0.1, -0.05) is 12.1 Å². The molecule has 3 heterocycles. The van der Waals surface area contributed by atoms with Crippen LogP contribution in [0.3, 0.4) is 0 Å². The van der Waals surface area contributed by atoms with Crippen LogP contribution in [0.2, 0.25) is 0 Å². The van der Waals surface area contributed by atoms with Crippen molar-refractivity contribution < 1.29 is 14.2 Å². The molecule has 184 valence electrons. The smallest absolute Gasteiger partial charge is 0.162 e. The van der Waals surface area contributed by atoms with Crippen molar-refractivity contribution in [2.24, 2.45) is 5.73 Å². The van der Waals surface area contributed by atoms with Gasteiger partial charge in [-0.2, -0.15) is 10.2 Å². The SMILES string of the molecule is N[C@@H]1CC[C@H](Oc2ccn3ncnc(Nc4ccc5c(cnn5Cc5cccc(F)c5)c4)c23)C[C@H]1O. The van der Waals surface area contributed by atoms with Crippen LogP contribution >= 0.6 is 0 Å². The van der Waals surface area contributed by atoms with Crippen molar-refractivity contribution in [1.82, 2.24) is 24.4 Å². The Kier molecular flexibility index (Phi) is 5.74. The van der Waals surface area contributed by atoms with E-state index in [2.05, 4.69) is 20.5 Å². The Morgan fingerprint density at radius 1 is 1.14 bits per heavy atom. The fraction of sp³-hybridized carbons (Fsp3) is 0.269. The van der Waals surface area contributed by atoms with Crippen LogP contribution in [-0.4, -0.2) is 47.7 Å². The van der Waals surface area contributed by atoms with Gasteiger partial charge in [-0.15, -0.1) is 0 Å². The first-order valence-corrected chi connectivity index (χ1v) is 11.9. The number of halogens is 1. The maximum Gasteiger partial charge on any atom is 0.162 e. The zero-order valence-corrected chi connectivity index (χ0v) is 19.5. The Labute approximate surface area is 206 Å². The van der Waals surface area contributed by atoms with Crippen molar-refractivity contribution in [3.05, 3.63) is 78.6 Å². The summed E-state index contributed by atoms with van der Waals surface area (Å²) >= 11 is 0. The normalized spacial score (nSPS) is 20.1. The van der Waals surface area contributed by atoms with E-state index in [-0.39, 0.29) is 18.0 Å².